The standard InChI is InChI=1S/C7H17NO3S/c1-6(2)5-11-12(9,10)8-7(3)4/h6-8H,5H2,1-4H3. The Morgan fingerprint density at radius 3 is 2.08 bits per heavy atom. The summed E-state index contributed by atoms with van der Waals surface area (Å²) in [5.74, 6) is 0.216. The predicted molar refractivity (Wildman–Crippen MR) is 48.0 cm³/mol. The Labute approximate surface area is 74.6 Å². The van der Waals surface area contributed by atoms with Crippen molar-refractivity contribution in [2.24, 2.45) is 5.92 Å². The minimum Gasteiger partial charge on any atom is -0.258 e. The fraction of sp³-hybridized carbons (Fsp3) is 1.00. The number of hydrogen-bond donors (Lipinski definition) is 1. The lowest BCUT2D eigenvalue weighted by Gasteiger charge is -2.10. The summed E-state index contributed by atoms with van der Waals surface area (Å²) < 4.78 is 29.0. The molecule has 0 saturated carbocycles. The molecule has 0 heterocycles. The van der Waals surface area contributed by atoms with Gasteiger partial charge in [-0.3, -0.25) is 4.18 Å². The zero-order chi connectivity index (χ0) is 9.78. The van der Waals surface area contributed by atoms with Gasteiger partial charge in [0, 0.05) is 6.04 Å². The third-order valence-electron chi connectivity index (χ3n) is 0.937. The van der Waals surface area contributed by atoms with Crippen molar-refractivity contribution in [3.05, 3.63) is 0 Å². The first-order valence-corrected chi connectivity index (χ1v) is 5.41. The number of rotatable bonds is 5. The summed E-state index contributed by atoms with van der Waals surface area (Å²) in [6.45, 7) is 7.50. The molecule has 4 nitrogen and oxygen atoms in total. The van der Waals surface area contributed by atoms with Gasteiger partial charge in [0.15, 0.2) is 0 Å². The molecule has 0 spiro atoms. The highest BCUT2D eigenvalue weighted by Crippen LogP contribution is 1.97. The van der Waals surface area contributed by atoms with Gasteiger partial charge in [-0.05, 0) is 19.8 Å². The van der Waals surface area contributed by atoms with E-state index in [0.29, 0.717) is 0 Å². The Hall–Kier alpha value is -0.130. The van der Waals surface area contributed by atoms with Crippen molar-refractivity contribution in [2.45, 2.75) is 33.7 Å². The SMILES string of the molecule is CC(C)COS(=O)(=O)NC(C)C. The average molecular weight is 195 g/mol. The molecule has 0 atom stereocenters. The summed E-state index contributed by atoms with van der Waals surface area (Å²) in [6, 6.07) is -0.123. The van der Waals surface area contributed by atoms with Crippen molar-refractivity contribution in [1.82, 2.24) is 4.72 Å². The second kappa shape index (κ2) is 4.79. The van der Waals surface area contributed by atoms with Gasteiger partial charge in [0.2, 0.25) is 0 Å². The number of nitrogens with one attached hydrogen (secondary N) is 1. The molecule has 0 aliphatic heterocycles. The maximum Gasteiger partial charge on any atom is 0.336 e. The second-order valence-electron chi connectivity index (χ2n) is 3.41. The maximum absolute atomic E-state index is 11.0. The summed E-state index contributed by atoms with van der Waals surface area (Å²) in [5, 5.41) is 0. The molecule has 0 fully saturated rings. The molecule has 12 heavy (non-hydrogen) atoms. The summed E-state index contributed by atoms with van der Waals surface area (Å²) in [5.41, 5.74) is 0. The van der Waals surface area contributed by atoms with Gasteiger partial charge in [0.25, 0.3) is 0 Å². The van der Waals surface area contributed by atoms with Gasteiger partial charge in [-0.1, -0.05) is 13.8 Å². The van der Waals surface area contributed by atoms with Crippen molar-refractivity contribution >= 4 is 10.3 Å². The molecule has 5 heteroatoms. The van der Waals surface area contributed by atoms with E-state index in [1.165, 1.54) is 0 Å². The molecule has 0 aliphatic rings. The Balaban J connectivity index is 3.89. The highest BCUT2D eigenvalue weighted by molar-refractivity contribution is 7.84. The first-order chi connectivity index (χ1) is 5.33. The first-order valence-electron chi connectivity index (χ1n) is 4.00. The minimum atomic E-state index is -3.53. The maximum atomic E-state index is 11.0. The Morgan fingerprint density at radius 2 is 1.75 bits per heavy atom. The van der Waals surface area contributed by atoms with Crippen LogP contribution in [0.3, 0.4) is 0 Å². The van der Waals surface area contributed by atoms with E-state index >= 15 is 0 Å². The molecule has 0 amide bonds. The molecular formula is C7H17NO3S. The normalized spacial score (nSPS) is 12.8. The lowest BCUT2D eigenvalue weighted by atomic mass is 10.2. The highest BCUT2D eigenvalue weighted by atomic mass is 32.2. The average Bonchev–Trinajstić information content (AvgIpc) is 1.81. The van der Waals surface area contributed by atoms with Gasteiger partial charge < -0.3 is 0 Å². The van der Waals surface area contributed by atoms with E-state index in [1.807, 2.05) is 13.8 Å². The summed E-state index contributed by atoms with van der Waals surface area (Å²) in [4.78, 5) is 0. The second-order valence-corrected chi connectivity index (χ2v) is 4.78. The van der Waals surface area contributed by atoms with E-state index in [4.69, 9.17) is 0 Å². The molecule has 0 aromatic heterocycles. The lowest BCUT2D eigenvalue weighted by molar-refractivity contribution is 0.268. The Kier molecular flexibility index (Phi) is 4.74. The van der Waals surface area contributed by atoms with Crippen LogP contribution in [0.2, 0.25) is 0 Å². The lowest BCUT2D eigenvalue weighted by Crippen LogP contribution is -2.32. The fourth-order valence-corrected chi connectivity index (χ4v) is 1.65. The molecular weight excluding hydrogens is 178 g/mol. The summed E-state index contributed by atoms with van der Waals surface area (Å²) in [6.07, 6.45) is 0. The monoisotopic (exact) mass is 195 g/mol. The van der Waals surface area contributed by atoms with Crippen molar-refractivity contribution < 1.29 is 12.6 Å². The highest BCUT2D eigenvalue weighted by Gasteiger charge is 2.12. The van der Waals surface area contributed by atoms with E-state index in [-0.39, 0.29) is 18.6 Å². The molecule has 0 aliphatic carbocycles. The summed E-state index contributed by atoms with van der Waals surface area (Å²) in [7, 11) is -3.53. The van der Waals surface area contributed by atoms with Crippen LogP contribution in [0.25, 0.3) is 0 Å². The van der Waals surface area contributed by atoms with E-state index in [2.05, 4.69) is 8.91 Å². The molecule has 1 N–H and O–H groups in total. The molecule has 0 bridgehead atoms. The van der Waals surface area contributed by atoms with Crippen LogP contribution in [0.1, 0.15) is 27.7 Å². The molecule has 0 unspecified atom stereocenters. The number of hydrogen-bond acceptors (Lipinski definition) is 3. The van der Waals surface area contributed by atoms with Gasteiger partial charge in [-0.15, -0.1) is 0 Å². The van der Waals surface area contributed by atoms with Crippen molar-refractivity contribution in [2.75, 3.05) is 6.61 Å². The van der Waals surface area contributed by atoms with Crippen LogP contribution in [-0.4, -0.2) is 21.1 Å². The van der Waals surface area contributed by atoms with Gasteiger partial charge in [0.1, 0.15) is 0 Å². The molecule has 0 aromatic carbocycles. The molecule has 0 rings (SSSR count). The van der Waals surface area contributed by atoms with Crippen LogP contribution in [0, 0.1) is 5.92 Å². The van der Waals surface area contributed by atoms with E-state index in [1.54, 1.807) is 13.8 Å². The minimum absolute atomic E-state index is 0.123. The van der Waals surface area contributed by atoms with Gasteiger partial charge in [-0.2, -0.15) is 13.1 Å². The van der Waals surface area contributed by atoms with Gasteiger partial charge >= 0.3 is 10.3 Å². The smallest absolute Gasteiger partial charge is 0.258 e. The zero-order valence-corrected chi connectivity index (χ0v) is 8.81. The van der Waals surface area contributed by atoms with E-state index < -0.39 is 10.3 Å². The quantitative estimate of drug-likeness (QED) is 0.709. The molecule has 0 radical (unpaired) electrons. The Bertz CT molecular complexity index is 209. The van der Waals surface area contributed by atoms with Gasteiger partial charge in [0.05, 0.1) is 6.61 Å². The van der Waals surface area contributed by atoms with Crippen LogP contribution in [0.15, 0.2) is 0 Å². The van der Waals surface area contributed by atoms with Crippen molar-refractivity contribution in [3.63, 3.8) is 0 Å². The van der Waals surface area contributed by atoms with Crippen molar-refractivity contribution in [3.8, 4) is 0 Å². The summed E-state index contributed by atoms with van der Waals surface area (Å²) >= 11 is 0. The molecule has 0 saturated heterocycles. The van der Waals surface area contributed by atoms with Crippen molar-refractivity contribution in [1.29, 1.82) is 0 Å². The van der Waals surface area contributed by atoms with Crippen LogP contribution in [0.5, 0.6) is 0 Å². The third kappa shape index (κ3) is 6.57. The fourth-order valence-electron chi connectivity index (χ4n) is 0.548. The molecule has 0 aromatic rings. The largest absolute Gasteiger partial charge is 0.336 e. The van der Waals surface area contributed by atoms with Crippen LogP contribution >= 0.6 is 0 Å². The van der Waals surface area contributed by atoms with Gasteiger partial charge in [-0.25, -0.2) is 0 Å². The van der Waals surface area contributed by atoms with Crippen LogP contribution < -0.4 is 4.72 Å². The molecule has 74 valence electrons. The van der Waals surface area contributed by atoms with E-state index in [9.17, 15) is 8.42 Å². The Morgan fingerprint density at radius 1 is 1.25 bits per heavy atom. The van der Waals surface area contributed by atoms with Crippen LogP contribution in [-0.2, 0) is 14.5 Å². The zero-order valence-electron chi connectivity index (χ0n) is 7.99. The third-order valence-corrected chi connectivity index (χ3v) is 2.14. The predicted octanol–water partition coefficient (Wildman–Crippen LogP) is 0.902. The van der Waals surface area contributed by atoms with E-state index in [0.717, 1.165) is 0 Å². The first kappa shape index (κ1) is 11.9. The van der Waals surface area contributed by atoms with Crippen LogP contribution in [0.4, 0.5) is 0 Å². The topological polar surface area (TPSA) is 55.4 Å².